The fraction of sp³-hybridized carbons (Fsp3) is 0.190. The van der Waals surface area contributed by atoms with Gasteiger partial charge < -0.3 is 15.6 Å². The molecule has 3 aromatic rings. The first-order valence-corrected chi connectivity index (χ1v) is 8.29. The average molecular weight is 335 g/mol. The van der Waals surface area contributed by atoms with Crippen molar-refractivity contribution < 1.29 is 14.6 Å². The fourth-order valence-corrected chi connectivity index (χ4v) is 2.78. The Morgan fingerprint density at radius 3 is 2.56 bits per heavy atom. The van der Waals surface area contributed by atoms with Gasteiger partial charge in [-0.25, -0.2) is 0 Å². The highest BCUT2D eigenvalue weighted by Gasteiger charge is 2.12. The van der Waals surface area contributed by atoms with Gasteiger partial charge in [-0.2, -0.15) is 0 Å². The molecule has 0 amide bonds. The van der Waals surface area contributed by atoms with E-state index in [1.807, 2.05) is 36.4 Å². The van der Waals surface area contributed by atoms with Gasteiger partial charge in [0.15, 0.2) is 0 Å². The molecule has 0 fully saturated rings. The zero-order valence-corrected chi connectivity index (χ0v) is 13.9. The van der Waals surface area contributed by atoms with Crippen molar-refractivity contribution in [2.45, 2.75) is 18.9 Å². The first kappa shape index (κ1) is 17.0. The van der Waals surface area contributed by atoms with Gasteiger partial charge in [0.05, 0.1) is 6.61 Å². The number of carbonyl (C=O) groups is 1. The van der Waals surface area contributed by atoms with Crippen LogP contribution in [0.15, 0.2) is 66.7 Å². The summed E-state index contributed by atoms with van der Waals surface area (Å²) in [5.74, 6) is -0.265. The number of hydrogen-bond acceptors (Lipinski definition) is 3. The maximum atomic E-state index is 10.9. The van der Waals surface area contributed by atoms with Crippen LogP contribution in [0.25, 0.3) is 10.8 Å². The Kier molecular flexibility index (Phi) is 5.31. The lowest BCUT2D eigenvalue weighted by Crippen LogP contribution is -2.32. The van der Waals surface area contributed by atoms with Crippen LogP contribution in [-0.4, -0.2) is 23.7 Å². The van der Waals surface area contributed by atoms with E-state index in [4.69, 9.17) is 15.6 Å². The molecule has 0 aliphatic heterocycles. The Morgan fingerprint density at radius 2 is 1.76 bits per heavy atom. The lowest BCUT2D eigenvalue weighted by molar-refractivity contribution is -0.138. The molecule has 0 radical (unpaired) electrons. The minimum atomic E-state index is -0.998. The van der Waals surface area contributed by atoms with Gasteiger partial charge in [-0.15, -0.1) is 0 Å². The third-order valence-corrected chi connectivity index (χ3v) is 4.14. The smallest absolute Gasteiger partial charge is 0.320 e. The number of carboxylic acids is 1. The maximum Gasteiger partial charge on any atom is 0.320 e. The summed E-state index contributed by atoms with van der Waals surface area (Å²) < 4.78 is 5.82. The van der Waals surface area contributed by atoms with E-state index in [1.165, 1.54) is 16.3 Å². The molecule has 4 nitrogen and oxygen atoms in total. The lowest BCUT2D eigenvalue weighted by atomic mass is 10.1. The van der Waals surface area contributed by atoms with E-state index in [0.717, 1.165) is 17.7 Å². The summed E-state index contributed by atoms with van der Waals surface area (Å²) in [4.78, 5) is 10.9. The minimum absolute atomic E-state index is 0.289. The summed E-state index contributed by atoms with van der Waals surface area (Å²) in [5, 5.41) is 11.4. The van der Waals surface area contributed by atoms with E-state index in [2.05, 4.69) is 30.3 Å². The van der Waals surface area contributed by atoms with Gasteiger partial charge in [-0.3, -0.25) is 4.79 Å². The maximum absolute atomic E-state index is 10.9. The van der Waals surface area contributed by atoms with E-state index in [-0.39, 0.29) is 6.42 Å². The van der Waals surface area contributed by atoms with E-state index < -0.39 is 12.0 Å². The van der Waals surface area contributed by atoms with Crippen molar-refractivity contribution >= 4 is 16.7 Å². The van der Waals surface area contributed by atoms with Gasteiger partial charge in [0.1, 0.15) is 11.8 Å². The SMILES string of the molecule is N[C@@H](Cc1cccc(OCCc2ccc3ccccc3c2)c1)C(=O)O. The van der Waals surface area contributed by atoms with Crippen molar-refractivity contribution in [2.75, 3.05) is 6.61 Å². The molecule has 0 spiro atoms. The number of benzene rings is 3. The summed E-state index contributed by atoms with van der Waals surface area (Å²) in [7, 11) is 0. The topological polar surface area (TPSA) is 72.5 Å². The Labute approximate surface area is 146 Å². The number of carboxylic acid groups (broad SMARTS) is 1. The standard InChI is InChI=1S/C21H21NO3/c22-20(21(23)24)14-16-4-3-7-19(13-16)25-11-10-15-8-9-17-5-1-2-6-18(17)12-15/h1-9,12-13,20H,10-11,14,22H2,(H,23,24)/t20-/m0/s1. The molecule has 0 saturated carbocycles. The second-order valence-electron chi connectivity index (χ2n) is 6.08. The van der Waals surface area contributed by atoms with Crippen LogP contribution in [0.1, 0.15) is 11.1 Å². The zero-order valence-electron chi connectivity index (χ0n) is 13.9. The molecule has 3 N–H and O–H groups in total. The Bertz CT molecular complexity index is 876. The van der Waals surface area contributed by atoms with Gasteiger partial charge in [0, 0.05) is 6.42 Å². The van der Waals surface area contributed by atoms with Crippen LogP contribution in [0, 0.1) is 0 Å². The molecular formula is C21H21NO3. The number of ether oxygens (including phenoxy) is 1. The van der Waals surface area contributed by atoms with Gasteiger partial charge in [-0.05, 0) is 40.5 Å². The van der Waals surface area contributed by atoms with Crippen molar-refractivity contribution in [3.8, 4) is 5.75 Å². The summed E-state index contributed by atoms with van der Waals surface area (Å²) in [6.07, 6.45) is 1.10. The number of fused-ring (bicyclic) bond motifs is 1. The minimum Gasteiger partial charge on any atom is -0.493 e. The molecule has 4 heteroatoms. The summed E-state index contributed by atoms with van der Waals surface area (Å²) in [6.45, 7) is 0.562. The van der Waals surface area contributed by atoms with Crippen molar-refractivity contribution in [1.82, 2.24) is 0 Å². The second-order valence-corrected chi connectivity index (χ2v) is 6.08. The first-order chi connectivity index (χ1) is 12.1. The molecule has 0 aliphatic carbocycles. The van der Waals surface area contributed by atoms with Crippen LogP contribution in [0.3, 0.4) is 0 Å². The molecular weight excluding hydrogens is 314 g/mol. The first-order valence-electron chi connectivity index (χ1n) is 8.29. The molecule has 3 aromatic carbocycles. The molecule has 0 bridgehead atoms. The molecule has 0 aromatic heterocycles. The molecule has 0 heterocycles. The molecule has 25 heavy (non-hydrogen) atoms. The van der Waals surface area contributed by atoms with Crippen molar-refractivity contribution in [1.29, 1.82) is 0 Å². The third kappa shape index (κ3) is 4.58. The predicted octanol–water partition coefficient (Wildman–Crippen LogP) is 3.42. The number of rotatable bonds is 7. The van der Waals surface area contributed by atoms with Crippen molar-refractivity contribution in [3.63, 3.8) is 0 Å². The largest absolute Gasteiger partial charge is 0.493 e. The molecule has 1 atom stereocenters. The van der Waals surface area contributed by atoms with Crippen LogP contribution in [0.4, 0.5) is 0 Å². The highest BCUT2D eigenvalue weighted by Crippen LogP contribution is 2.18. The molecule has 0 aliphatic rings. The van der Waals surface area contributed by atoms with Crippen LogP contribution in [0.2, 0.25) is 0 Å². The fourth-order valence-electron chi connectivity index (χ4n) is 2.78. The number of hydrogen-bond donors (Lipinski definition) is 2. The molecule has 0 unspecified atom stereocenters. The predicted molar refractivity (Wildman–Crippen MR) is 98.9 cm³/mol. The summed E-state index contributed by atoms with van der Waals surface area (Å²) in [5.41, 5.74) is 7.66. The Morgan fingerprint density at radius 1 is 0.960 bits per heavy atom. The van der Waals surface area contributed by atoms with Crippen molar-refractivity contribution in [2.24, 2.45) is 5.73 Å². The second kappa shape index (κ2) is 7.81. The molecule has 0 saturated heterocycles. The van der Waals surface area contributed by atoms with Crippen LogP contribution in [0.5, 0.6) is 5.75 Å². The molecule has 128 valence electrons. The van der Waals surface area contributed by atoms with E-state index >= 15 is 0 Å². The van der Waals surface area contributed by atoms with Crippen LogP contribution in [-0.2, 0) is 17.6 Å². The monoisotopic (exact) mass is 335 g/mol. The van der Waals surface area contributed by atoms with Gasteiger partial charge in [0.25, 0.3) is 0 Å². The summed E-state index contributed by atoms with van der Waals surface area (Å²) >= 11 is 0. The quantitative estimate of drug-likeness (QED) is 0.694. The van der Waals surface area contributed by atoms with E-state index in [9.17, 15) is 4.79 Å². The van der Waals surface area contributed by atoms with Crippen molar-refractivity contribution in [3.05, 3.63) is 77.9 Å². The van der Waals surface area contributed by atoms with Gasteiger partial charge in [0.2, 0.25) is 0 Å². The number of aliphatic carboxylic acids is 1. The van der Waals surface area contributed by atoms with Gasteiger partial charge >= 0.3 is 5.97 Å². The summed E-state index contributed by atoms with van der Waals surface area (Å²) in [6, 6.07) is 21.2. The van der Waals surface area contributed by atoms with E-state index in [1.54, 1.807) is 0 Å². The Balaban J connectivity index is 1.58. The Hall–Kier alpha value is -2.85. The van der Waals surface area contributed by atoms with Gasteiger partial charge in [-0.1, -0.05) is 54.6 Å². The lowest BCUT2D eigenvalue weighted by Gasteiger charge is -2.10. The number of nitrogens with two attached hydrogens (primary N) is 1. The highest BCUT2D eigenvalue weighted by molar-refractivity contribution is 5.83. The zero-order chi connectivity index (χ0) is 17.6. The normalized spacial score (nSPS) is 12.0. The third-order valence-electron chi connectivity index (χ3n) is 4.14. The van der Waals surface area contributed by atoms with Crippen LogP contribution >= 0.6 is 0 Å². The average Bonchev–Trinajstić information content (AvgIpc) is 2.62. The highest BCUT2D eigenvalue weighted by atomic mass is 16.5. The van der Waals surface area contributed by atoms with E-state index in [0.29, 0.717) is 6.61 Å². The molecule has 3 rings (SSSR count). The van der Waals surface area contributed by atoms with Crippen LogP contribution < -0.4 is 10.5 Å².